The first-order chi connectivity index (χ1) is 28.1. The largest absolute Gasteiger partial charge is 0.495 e. The number of aromatic nitrogens is 1. The number of hydrogen-bond donors (Lipinski definition) is 3. The molecular weight excluding hydrogens is 795 g/mol. The standard InChI is InChI=1S/C40H40Cl2N6O10/c1-53-32-20-30(26(41)18-27(32)42)46-37-23(21-43)22-45-29-19-34(33(54-2)17-25(29)37)58-11-4-10-55-13-15-57-16-14-56-12-9-44-28-6-3-5-24-36(28)40(52)48(39(24)51)31-7-8-35(49)47-38(31)50/h3,5-6,17-20,22,31,44H,4,7-16H2,1-2H3,(H,45,46)(H,47,49,50). The Morgan fingerprint density at radius 2 is 1.60 bits per heavy atom. The smallest absolute Gasteiger partial charge is 0.264 e. The van der Waals surface area contributed by atoms with Crippen molar-refractivity contribution >= 4 is 74.8 Å². The number of ether oxygens (including phenoxy) is 6. The van der Waals surface area contributed by atoms with Gasteiger partial charge in [-0.1, -0.05) is 29.3 Å². The highest BCUT2D eigenvalue weighted by Gasteiger charge is 2.45. The summed E-state index contributed by atoms with van der Waals surface area (Å²) in [5, 5.41) is 19.7. The van der Waals surface area contributed by atoms with Crippen LogP contribution in [0.4, 0.5) is 17.1 Å². The van der Waals surface area contributed by atoms with Crippen molar-refractivity contribution in [3.8, 4) is 23.3 Å². The Morgan fingerprint density at radius 3 is 2.33 bits per heavy atom. The third-order valence-corrected chi connectivity index (χ3v) is 9.85. The van der Waals surface area contributed by atoms with Gasteiger partial charge in [0.1, 0.15) is 17.9 Å². The number of piperidine rings is 1. The van der Waals surface area contributed by atoms with Gasteiger partial charge in [-0.05, 0) is 30.7 Å². The quantitative estimate of drug-likeness (QED) is 0.0744. The number of imide groups is 2. The molecule has 1 unspecified atom stereocenters. The summed E-state index contributed by atoms with van der Waals surface area (Å²) in [6, 6.07) is 12.7. The minimum absolute atomic E-state index is 0.0529. The third-order valence-electron chi connectivity index (χ3n) is 9.24. The predicted octanol–water partition coefficient (Wildman–Crippen LogP) is 5.51. The van der Waals surface area contributed by atoms with Crippen molar-refractivity contribution in [2.75, 3.05) is 77.6 Å². The lowest BCUT2D eigenvalue weighted by atomic mass is 10.0. The lowest BCUT2D eigenvalue weighted by Gasteiger charge is -2.27. The number of amides is 4. The van der Waals surface area contributed by atoms with Crippen LogP contribution in [-0.4, -0.2) is 107 Å². The number of benzene rings is 3. The zero-order valence-electron chi connectivity index (χ0n) is 31.7. The van der Waals surface area contributed by atoms with Crippen LogP contribution < -0.4 is 30.2 Å². The van der Waals surface area contributed by atoms with Crippen molar-refractivity contribution in [3.05, 3.63) is 75.4 Å². The molecule has 3 N–H and O–H groups in total. The SMILES string of the molecule is COc1cc(Nc2c(C#N)cnc3cc(OCCCOCCOCCOCCNc4cccc5c4C(=O)N(C4CCC(=O)NC4=O)C5=O)c(OC)cc23)c(Cl)cc1Cl. The van der Waals surface area contributed by atoms with Crippen LogP contribution in [0.15, 0.2) is 48.7 Å². The molecule has 58 heavy (non-hydrogen) atoms. The average molecular weight is 836 g/mol. The van der Waals surface area contributed by atoms with Crippen LogP contribution >= 0.6 is 23.2 Å². The summed E-state index contributed by atoms with van der Waals surface area (Å²) in [7, 11) is 3.02. The molecule has 3 heterocycles. The number of anilines is 3. The van der Waals surface area contributed by atoms with E-state index in [2.05, 4.69) is 27.0 Å². The average Bonchev–Trinajstić information content (AvgIpc) is 3.47. The monoisotopic (exact) mass is 834 g/mol. The van der Waals surface area contributed by atoms with E-state index in [0.29, 0.717) is 120 Å². The highest BCUT2D eigenvalue weighted by atomic mass is 35.5. The normalized spacial score (nSPS) is 14.9. The summed E-state index contributed by atoms with van der Waals surface area (Å²) >= 11 is 12.7. The minimum atomic E-state index is -1.03. The number of methoxy groups -OCH3 is 2. The fourth-order valence-corrected chi connectivity index (χ4v) is 6.92. The summed E-state index contributed by atoms with van der Waals surface area (Å²) in [6.45, 7) is 2.90. The van der Waals surface area contributed by atoms with Crippen LogP contribution in [0.3, 0.4) is 0 Å². The van der Waals surface area contributed by atoms with Gasteiger partial charge in [-0.15, -0.1) is 0 Å². The molecule has 1 saturated heterocycles. The van der Waals surface area contributed by atoms with Crippen molar-refractivity contribution in [3.63, 3.8) is 0 Å². The summed E-state index contributed by atoms with van der Waals surface area (Å²) in [6.07, 6.45) is 2.21. The maximum absolute atomic E-state index is 13.2. The van der Waals surface area contributed by atoms with Crippen LogP contribution in [0.1, 0.15) is 45.5 Å². The summed E-state index contributed by atoms with van der Waals surface area (Å²) in [5.41, 5.74) is 2.69. The molecule has 2 aliphatic rings. The number of fused-ring (bicyclic) bond motifs is 2. The topological polar surface area (TPSA) is 200 Å². The molecule has 0 aliphatic carbocycles. The number of hydrogen-bond acceptors (Lipinski definition) is 14. The fourth-order valence-electron chi connectivity index (χ4n) is 6.41. The summed E-state index contributed by atoms with van der Waals surface area (Å²) < 4.78 is 33.8. The van der Waals surface area contributed by atoms with Gasteiger partial charge in [-0.2, -0.15) is 5.26 Å². The molecule has 0 bridgehead atoms. The van der Waals surface area contributed by atoms with Gasteiger partial charge in [-0.3, -0.25) is 34.4 Å². The summed E-state index contributed by atoms with van der Waals surface area (Å²) in [5.74, 6) is -0.866. The van der Waals surface area contributed by atoms with Crippen LogP contribution in [0, 0.1) is 11.3 Å². The highest BCUT2D eigenvalue weighted by molar-refractivity contribution is 6.37. The Labute approximate surface area is 343 Å². The zero-order valence-corrected chi connectivity index (χ0v) is 33.2. The second-order valence-electron chi connectivity index (χ2n) is 12.9. The van der Waals surface area contributed by atoms with Crippen molar-refractivity contribution in [1.29, 1.82) is 5.26 Å². The van der Waals surface area contributed by atoms with E-state index in [0.717, 1.165) is 4.90 Å². The molecule has 0 spiro atoms. The number of halogens is 2. The van der Waals surface area contributed by atoms with Crippen LogP contribution in [0.5, 0.6) is 17.2 Å². The number of nitrogens with one attached hydrogen (secondary N) is 3. The molecule has 3 aromatic carbocycles. The van der Waals surface area contributed by atoms with Gasteiger partial charge in [0.2, 0.25) is 11.8 Å². The van der Waals surface area contributed by atoms with Crippen LogP contribution in [0.2, 0.25) is 10.0 Å². The van der Waals surface area contributed by atoms with Gasteiger partial charge < -0.3 is 39.1 Å². The highest BCUT2D eigenvalue weighted by Crippen LogP contribution is 2.40. The van der Waals surface area contributed by atoms with Gasteiger partial charge in [-0.25, -0.2) is 0 Å². The van der Waals surface area contributed by atoms with E-state index in [9.17, 15) is 24.4 Å². The number of nitrogens with zero attached hydrogens (tertiary/aromatic N) is 3. The Hall–Kier alpha value is -5.70. The molecule has 2 aliphatic heterocycles. The van der Waals surface area contributed by atoms with E-state index in [4.69, 9.17) is 51.6 Å². The van der Waals surface area contributed by atoms with Gasteiger partial charge >= 0.3 is 0 Å². The second-order valence-corrected chi connectivity index (χ2v) is 13.7. The Morgan fingerprint density at radius 1 is 0.862 bits per heavy atom. The van der Waals surface area contributed by atoms with Gasteiger partial charge in [0.15, 0.2) is 11.5 Å². The van der Waals surface area contributed by atoms with Crippen molar-refractivity contribution in [2.24, 2.45) is 0 Å². The second kappa shape index (κ2) is 19.6. The molecule has 0 saturated carbocycles. The number of pyridine rings is 1. The lowest BCUT2D eigenvalue weighted by Crippen LogP contribution is -2.54. The molecule has 16 nitrogen and oxygen atoms in total. The van der Waals surface area contributed by atoms with Crippen molar-refractivity contribution < 1.29 is 47.6 Å². The van der Waals surface area contributed by atoms with E-state index < -0.39 is 29.7 Å². The molecule has 304 valence electrons. The zero-order chi connectivity index (χ0) is 41.2. The number of rotatable bonds is 20. The third kappa shape index (κ3) is 9.52. The lowest BCUT2D eigenvalue weighted by molar-refractivity contribution is -0.136. The number of carbonyl (C=O) groups is 4. The number of carbonyl (C=O) groups excluding carboxylic acids is 4. The van der Waals surface area contributed by atoms with Crippen LogP contribution in [-0.2, 0) is 23.8 Å². The molecule has 1 aromatic heterocycles. The first kappa shape index (κ1) is 41.9. The number of nitriles is 1. The van der Waals surface area contributed by atoms with E-state index in [1.807, 2.05) is 0 Å². The molecule has 1 fully saturated rings. The minimum Gasteiger partial charge on any atom is -0.495 e. The Kier molecular flexibility index (Phi) is 14.2. The van der Waals surface area contributed by atoms with E-state index >= 15 is 0 Å². The van der Waals surface area contributed by atoms with Gasteiger partial charge in [0.05, 0.1) is 97.5 Å². The first-order valence-electron chi connectivity index (χ1n) is 18.3. The predicted molar refractivity (Wildman–Crippen MR) is 213 cm³/mol. The molecule has 0 radical (unpaired) electrons. The first-order valence-corrected chi connectivity index (χ1v) is 19.1. The molecule has 4 aromatic rings. The maximum Gasteiger partial charge on any atom is 0.264 e. The van der Waals surface area contributed by atoms with Crippen molar-refractivity contribution in [1.82, 2.24) is 15.2 Å². The fraction of sp³-hybridized carbons (Fsp3) is 0.350. The molecule has 18 heteroatoms. The van der Waals surface area contributed by atoms with Gasteiger partial charge in [0, 0.05) is 55.4 Å². The van der Waals surface area contributed by atoms with Crippen molar-refractivity contribution in [2.45, 2.75) is 25.3 Å². The van der Waals surface area contributed by atoms with E-state index in [1.54, 1.807) is 42.5 Å². The van der Waals surface area contributed by atoms with Crippen LogP contribution in [0.25, 0.3) is 10.9 Å². The molecule has 4 amide bonds. The summed E-state index contributed by atoms with van der Waals surface area (Å²) in [4.78, 5) is 55.5. The molecular formula is C40H40Cl2N6O10. The molecule has 6 rings (SSSR count). The Bertz CT molecular complexity index is 2250. The van der Waals surface area contributed by atoms with E-state index in [1.165, 1.54) is 20.4 Å². The van der Waals surface area contributed by atoms with Gasteiger partial charge in [0.25, 0.3) is 11.8 Å². The maximum atomic E-state index is 13.2. The van der Waals surface area contributed by atoms with E-state index in [-0.39, 0.29) is 24.0 Å². The Balaban J connectivity index is 0.873. The molecule has 1 atom stereocenters.